The molecule has 0 aliphatic carbocycles. The molecule has 1 aromatic carbocycles. The molecule has 0 saturated carbocycles. The number of hydrogen-bond donors (Lipinski definition) is 0. The Morgan fingerprint density at radius 1 is 1.36 bits per heavy atom. The van der Waals surface area contributed by atoms with Crippen molar-refractivity contribution in [2.75, 3.05) is 6.26 Å². The van der Waals surface area contributed by atoms with Gasteiger partial charge in [0.2, 0.25) is 0 Å². The van der Waals surface area contributed by atoms with Crippen LogP contribution >= 0.6 is 15.9 Å². The molecule has 1 unspecified atom stereocenters. The Morgan fingerprint density at radius 2 is 2.14 bits per heavy atom. The van der Waals surface area contributed by atoms with Crippen LogP contribution in [0.3, 0.4) is 0 Å². The molecule has 3 rings (SSSR count). The molecular formula is C14H15BrN2O4S. The van der Waals surface area contributed by atoms with Gasteiger partial charge in [-0.1, -0.05) is 15.9 Å². The number of hydrogen-bond acceptors (Lipinski definition) is 5. The van der Waals surface area contributed by atoms with Crippen LogP contribution in [-0.4, -0.2) is 30.3 Å². The molecule has 0 N–H and O–H groups in total. The topological polar surface area (TPSA) is 78.3 Å². The maximum absolute atomic E-state index is 12.6. The van der Waals surface area contributed by atoms with Crippen molar-refractivity contribution >= 4 is 37.0 Å². The molecule has 22 heavy (non-hydrogen) atoms. The number of halogens is 1. The molecule has 2 aromatic rings. The maximum Gasteiger partial charge on any atom is 0.264 e. The number of rotatable bonds is 2. The molecule has 0 fully saturated rings. The van der Waals surface area contributed by atoms with Crippen molar-refractivity contribution < 1.29 is 12.6 Å². The summed E-state index contributed by atoms with van der Waals surface area (Å²) in [5, 5.41) is 0.556. The second-order valence-electron chi connectivity index (χ2n) is 5.40. The normalized spacial score (nSPS) is 18.9. The van der Waals surface area contributed by atoms with Crippen LogP contribution < -0.4 is 5.56 Å². The molecule has 1 aromatic heterocycles. The summed E-state index contributed by atoms with van der Waals surface area (Å²) in [6.07, 6.45) is 2.15. The van der Waals surface area contributed by atoms with E-state index < -0.39 is 16.2 Å². The highest BCUT2D eigenvalue weighted by Gasteiger charge is 2.22. The second-order valence-corrected chi connectivity index (χ2v) is 7.91. The van der Waals surface area contributed by atoms with Crippen molar-refractivity contribution in [2.45, 2.75) is 31.9 Å². The minimum atomic E-state index is -3.50. The number of aryl methyl sites for hydroxylation is 1. The van der Waals surface area contributed by atoms with E-state index in [1.54, 1.807) is 16.7 Å². The van der Waals surface area contributed by atoms with Crippen LogP contribution in [0.1, 0.15) is 18.7 Å². The molecule has 8 heteroatoms. The van der Waals surface area contributed by atoms with E-state index in [0.29, 0.717) is 42.5 Å². The van der Waals surface area contributed by atoms with Crippen LogP contribution in [0.4, 0.5) is 0 Å². The molecule has 6 nitrogen and oxygen atoms in total. The van der Waals surface area contributed by atoms with Gasteiger partial charge in [0.15, 0.2) is 0 Å². The van der Waals surface area contributed by atoms with E-state index in [4.69, 9.17) is 4.18 Å². The molecule has 1 aliphatic heterocycles. The predicted octanol–water partition coefficient (Wildman–Crippen LogP) is 1.84. The lowest BCUT2D eigenvalue weighted by Crippen LogP contribution is -2.25. The number of fused-ring (bicyclic) bond motifs is 2. The van der Waals surface area contributed by atoms with E-state index in [1.807, 2.05) is 6.07 Å². The van der Waals surface area contributed by atoms with Crippen LogP contribution in [0, 0.1) is 0 Å². The van der Waals surface area contributed by atoms with Gasteiger partial charge in [-0.15, -0.1) is 0 Å². The monoisotopic (exact) mass is 386 g/mol. The Bertz CT molecular complexity index is 892. The molecule has 0 spiro atoms. The summed E-state index contributed by atoms with van der Waals surface area (Å²) < 4.78 is 30.1. The van der Waals surface area contributed by atoms with Crippen LogP contribution in [0.25, 0.3) is 10.9 Å². The van der Waals surface area contributed by atoms with Gasteiger partial charge in [0.05, 0.1) is 23.3 Å². The minimum absolute atomic E-state index is 0.0960. The smallest absolute Gasteiger partial charge is 0.264 e. The van der Waals surface area contributed by atoms with Gasteiger partial charge in [-0.25, -0.2) is 4.98 Å². The zero-order chi connectivity index (χ0) is 15.9. The third kappa shape index (κ3) is 3.23. The zero-order valence-electron chi connectivity index (χ0n) is 12.0. The van der Waals surface area contributed by atoms with Crippen LogP contribution in [0.15, 0.2) is 27.5 Å². The quantitative estimate of drug-likeness (QED) is 0.735. The third-order valence-electron chi connectivity index (χ3n) is 3.67. The van der Waals surface area contributed by atoms with E-state index >= 15 is 0 Å². The lowest BCUT2D eigenvalue weighted by molar-refractivity contribution is 0.191. The highest BCUT2D eigenvalue weighted by Crippen LogP contribution is 2.20. The van der Waals surface area contributed by atoms with Crippen LogP contribution in [0.5, 0.6) is 0 Å². The van der Waals surface area contributed by atoms with Crippen LogP contribution in [-0.2, 0) is 27.3 Å². The van der Waals surface area contributed by atoms with Gasteiger partial charge < -0.3 is 0 Å². The minimum Gasteiger partial charge on any atom is -0.296 e. The molecule has 2 heterocycles. The largest absolute Gasteiger partial charge is 0.296 e. The summed E-state index contributed by atoms with van der Waals surface area (Å²) in [7, 11) is -3.50. The summed E-state index contributed by atoms with van der Waals surface area (Å²) in [5.74, 6) is 0.680. The number of aromatic nitrogens is 2. The van der Waals surface area contributed by atoms with Crippen molar-refractivity contribution in [1.82, 2.24) is 9.55 Å². The number of nitrogens with zero attached hydrogens (tertiary/aromatic N) is 2. The fraction of sp³-hybridized carbons (Fsp3) is 0.429. The molecule has 118 valence electrons. The van der Waals surface area contributed by atoms with Crippen molar-refractivity contribution in [1.29, 1.82) is 0 Å². The molecular weight excluding hydrogens is 372 g/mol. The lowest BCUT2D eigenvalue weighted by Gasteiger charge is -2.12. The number of benzene rings is 1. The van der Waals surface area contributed by atoms with Crippen molar-refractivity contribution in [3.8, 4) is 0 Å². The van der Waals surface area contributed by atoms with E-state index in [-0.39, 0.29) is 5.56 Å². The molecule has 0 bridgehead atoms. The summed E-state index contributed by atoms with van der Waals surface area (Å²) >= 11 is 3.36. The van der Waals surface area contributed by atoms with E-state index in [1.165, 1.54) is 0 Å². The Hall–Kier alpha value is -1.25. The van der Waals surface area contributed by atoms with Gasteiger partial charge >= 0.3 is 0 Å². The maximum atomic E-state index is 12.6. The highest BCUT2D eigenvalue weighted by atomic mass is 79.9. The summed E-state index contributed by atoms with van der Waals surface area (Å²) in [4.78, 5) is 17.2. The fourth-order valence-corrected chi connectivity index (χ4v) is 3.76. The summed E-state index contributed by atoms with van der Waals surface area (Å²) in [6.45, 7) is 0.407. The highest BCUT2D eigenvalue weighted by molar-refractivity contribution is 9.10. The third-order valence-corrected chi connectivity index (χ3v) is 4.79. The van der Waals surface area contributed by atoms with Crippen LogP contribution in [0.2, 0.25) is 0 Å². The lowest BCUT2D eigenvalue weighted by atomic mass is 10.1. The van der Waals surface area contributed by atoms with Gasteiger partial charge in [-0.05, 0) is 31.0 Å². The van der Waals surface area contributed by atoms with Gasteiger partial charge in [0.25, 0.3) is 15.7 Å². The van der Waals surface area contributed by atoms with E-state index in [0.717, 1.165) is 10.7 Å². The van der Waals surface area contributed by atoms with Crippen molar-refractivity contribution in [3.05, 3.63) is 38.9 Å². The predicted molar refractivity (Wildman–Crippen MR) is 86.4 cm³/mol. The molecule has 0 radical (unpaired) electrons. The average Bonchev–Trinajstić information content (AvgIpc) is 2.61. The first kappa shape index (κ1) is 15.6. The first-order valence-corrected chi connectivity index (χ1v) is 9.52. The molecule has 0 amide bonds. The Balaban J connectivity index is 2.00. The molecule has 0 saturated heterocycles. The van der Waals surface area contributed by atoms with Crippen molar-refractivity contribution in [2.24, 2.45) is 0 Å². The summed E-state index contributed by atoms with van der Waals surface area (Å²) in [6, 6.07) is 5.41. The molecule has 1 aliphatic rings. The average molecular weight is 387 g/mol. The van der Waals surface area contributed by atoms with E-state index in [9.17, 15) is 13.2 Å². The summed E-state index contributed by atoms with van der Waals surface area (Å²) in [5.41, 5.74) is 0.559. The van der Waals surface area contributed by atoms with E-state index in [2.05, 4.69) is 20.9 Å². The first-order valence-electron chi connectivity index (χ1n) is 6.91. The Morgan fingerprint density at radius 3 is 2.86 bits per heavy atom. The molecule has 1 atom stereocenters. The SMILES string of the molecule is CS(=O)(=O)OC1CCc2nc3ccc(Br)cc3c(=O)n2CC1. The Kier molecular flexibility index (Phi) is 4.09. The second kappa shape index (κ2) is 5.75. The standard InChI is InChI=1S/C14H15BrN2O4S/c1-22(19,20)21-10-3-5-13-16-12-4-2-9(15)8-11(12)14(18)17(13)7-6-10/h2,4,8,10H,3,5-7H2,1H3. The van der Waals surface area contributed by atoms with Gasteiger partial charge in [0.1, 0.15) is 5.82 Å². The van der Waals surface area contributed by atoms with Gasteiger partial charge in [-0.2, -0.15) is 8.42 Å². The van der Waals surface area contributed by atoms with Gasteiger partial charge in [-0.3, -0.25) is 13.5 Å². The van der Waals surface area contributed by atoms with Gasteiger partial charge in [0, 0.05) is 17.4 Å². The fourth-order valence-electron chi connectivity index (χ4n) is 2.71. The first-order chi connectivity index (χ1) is 10.3. The van der Waals surface area contributed by atoms with Crippen molar-refractivity contribution in [3.63, 3.8) is 0 Å². The Labute approximate surface area is 136 Å². The zero-order valence-corrected chi connectivity index (χ0v) is 14.4.